The van der Waals surface area contributed by atoms with Crippen LogP contribution in [0.1, 0.15) is 4.88 Å². The average molecular weight is 379 g/mol. The number of rotatable bonds is 3. The molecule has 1 aromatic rings. The summed E-state index contributed by atoms with van der Waals surface area (Å²) in [5.74, 6) is -0.0809. The van der Waals surface area contributed by atoms with Crippen LogP contribution in [0, 0.1) is 0 Å². The standard InChI is InChI=1S/C12H15BrN2O3S2/c1-20(17,18)15-8-6-14(7-9-15)12(16)5-3-10-2-4-11(13)19-10/h2-5H,6-9H2,1H3/b5-3+. The lowest BCUT2D eigenvalue weighted by molar-refractivity contribution is -0.127. The van der Waals surface area contributed by atoms with Crippen molar-refractivity contribution in [2.75, 3.05) is 32.4 Å². The van der Waals surface area contributed by atoms with E-state index in [1.807, 2.05) is 12.1 Å². The molecule has 0 N–H and O–H groups in total. The highest BCUT2D eigenvalue weighted by atomic mass is 79.9. The molecule has 2 heterocycles. The molecular weight excluding hydrogens is 364 g/mol. The average Bonchev–Trinajstić information content (AvgIpc) is 2.81. The summed E-state index contributed by atoms with van der Waals surface area (Å²) in [7, 11) is -3.15. The maximum absolute atomic E-state index is 12.0. The molecule has 0 saturated carbocycles. The number of sulfonamides is 1. The Morgan fingerprint density at radius 3 is 2.45 bits per heavy atom. The molecule has 0 unspecified atom stereocenters. The van der Waals surface area contributed by atoms with Crippen LogP contribution in [0.5, 0.6) is 0 Å². The molecule has 1 saturated heterocycles. The SMILES string of the molecule is CS(=O)(=O)N1CCN(C(=O)/C=C/c2ccc(Br)s2)CC1. The summed E-state index contributed by atoms with van der Waals surface area (Å²) in [6.07, 6.45) is 4.51. The quantitative estimate of drug-likeness (QED) is 0.751. The molecule has 20 heavy (non-hydrogen) atoms. The number of nitrogens with zero attached hydrogens (tertiary/aromatic N) is 2. The second-order valence-corrected chi connectivity index (χ2v) is 8.94. The first-order valence-electron chi connectivity index (χ1n) is 6.04. The normalized spacial score (nSPS) is 17.8. The van der Waals surface area contributed by atoms with Gasteiger partial charge in [-0.3, -0.25) is 4.79 Å². The molecule has 1 aliphatic heterocycles. The molecule has 8 heteroatoms. The fraction of sp³-hybridized carbons (Fsp3) is 0.417. The van der Waals surface area contributed by atoms with Gasteiger partial charge >= 0.3 is 0 Å². The van der Waals surface area contributed by atoms with Crippen LogP contribution >= 0.6 is 27.3 Å². The van der Waals surface area contributed by atoms with Gasteiger partial charge in [-0.25, -0.2) is 8.42 Å². The van der Waals surface area contributed by atoms with Gasteiger partial charge in [0.2, 0.25) is 15.9 Å². The Bertz CT molecular complexity index is 616. The molecular formula is C12H15BrN2O3S2. The second kappa shape index (κ2) is 6.38. The molecule has 1 fully saturated rings. The Hall–Kier alpha value is -0.700. The van der Waals surface area contributed by atoms with Gasteiger partial charge < -0.3 is 4.90 Å². The van der Waals surface area contributed by atoms with Gasteiger partial charge in [-0.2, -0.15) is 4.31 Å². The number of carbonyl (C=O) groups excluding carboxylic acids is 1. The predicted molar refractivity (Wildman–Crippen MR) is 84.0 cm³/mol. The first-order chi connectivity index (χ1) is 9.36. The first kappa shape index (κ1) is 15.7. The van der Waals surface area contributed by atoms with Crippen LogP contribution in [0.4, 0.5) is 0 Å². The number of hydrogen-bond acceptors (Lipinski definition) is 4. The molecule has 0 bridgehead atoms. The van der Waals surface area contributed by atoms with Crippen molar-refractivity contribution in [1.82, 2.24) is 9.21 Å². The first-order valence-corrected chi connectivity index (χ1v) is 9.49. The third-order valence-electron chi connectivity index (χ3n) is 3.00. The molecule has 2 rings (SSSR count). The minimum Gasteiger partial charge on any atom is -0.337 e. The zero-order valence-corrected chi connectivity index (χ0v) is 14.2. The smallest absolute Gasteiger partial charge is 0.246 e. The van der Waals surface area contributed by atoms with Crippen molar-refractivity contribution in [3.8, 4) is 0 Å². The Labute approximate surface area is 131 Å². The van der Waals surface area contributed by atoms with Crippen LogP contribution in [-0.2, 0) is 14.8 Å². The van der Waals surface area contributed by atoms with E-state index in [4.69, 9.17) is 0 Å². The van der Waals surface area contributed by atoms with E-state index in [0.29, 0.717) is 26.2 Å². The molecule has 0 aromatic carbocycles. The second-order valence-electron chi connectivity index (χ2n) is 4.46. The third-order valence-corrected chi connectivity index (χ3v) is 5.90. The van der Waals surface area contributed by atoms with Crippen LogP contribution in [0.2, 0.25) is 0 Å². The van der Waals surface area contributed by atoms with Gasteiger partial charge in [0, 0.05) is 37.1 Å². The molecule has 5 nitrogen and oxygen atoms in total. The van der Waals surface area contributed by atoms with E-state index >= 15 is 0 Å². The molecule has 110 valence electrons. The number of amides is 1. The summed E-state index contributed by atoms with van der Waals surface area (Å²) in [6, 6.07) is 3.86. The van der Waals surface area contributed by atoms with Crippen LogP contribution in [0.15, 0.2) is 22.0 Å². The number of piperazine rings is 1. The van der Waals surface area contributed by atoms with Gasteiger partial charge in [0.15, 0.2) is 0 Å². The highest BCUT2D eigenvalue weighted by molar-refractivity contribution is 9.11. The molecule has 0 aliphatic carbocycles. The summed E-state index contributed by atoms with van der Waals surface area (Å²) in [4.78, 5) is 14.7. The van der Waals surface area contributed by atoms with Crippen molar-refractivity contribution in [2.24, 2.45) is 0 Å². The summed E-state index contributed by atoms with van der Waals surface area (Å²) < 4.78 is 25.2. The number of hydrogen-bond donors (Lipinski definition) is 0. The zero-order valence-electron chi connectivity index (χ0n) is 11.0. The fourth-order valence-corrected chi connectivity index (χ4v) is 4.07. The maximum Gasteiger partial charge on any atom is 0.246 e. The van der Waals surface area contributed by atoms with Gasteiger partial charge in [0.05, 0.1) is 10.0 Å². The molecule has 1 aromatic heterocycles. The van der Waals surface area contributed by atoms with Crippen molar-refractivity contribution < 1.29 is 13.2 Å². The van der Waals surface area contributed by atoms with Crippen LogP contribution in [-0.4, -0.2) is 56.0 Å². The zero-order chi connectivity index (χ0) is 14.8. The molecule has 0 atom stereocenters. The van der Waals surface area contributed by atoms with Gasteiger partial charge in [-0.1, -0.05) is 0 Å². The van der Waals surface area contributed by atoms with Gasteiger partial charge in [-0.05, 0) is 34.1 Å². The largest absolute Gasteiger partial charge is 0.337 e. The van der Waals surface area contributed by atoms with E-state index in [1.165, 1.54) is 16.6 Å². The Balaban J connectivity index is 1.90. The summed E-state index contributed by atoms with van der Waals surface area (Å²) in [5.41, 5.74) is 0. The lowest BCUT2D eigenvalue weighted by Crippen LogP contribution is -2.49. The monoisotopic (exact) mass is 378 g/mol. The van der Waals surface area contributed by atoms with Crippen molar-refractivity contribution >= 4 is 49.3 Å². The van der Waals surface area contributed by atoms with E-state index in [9.17, 15) is 13.2 Å². The van der Waals surface area contributed by atoms with Crippen molar-refractivity contribution in [2.45, 2.75) is 0 Å². The molecule has 0 spiro atoms. The van der Waals surface area contributed by atoms with Crippen LogP contribution in [0.3, 0.4) is 0 Å². The summed E-state index contributed by atoms with van der Waals surface area (Å²) in [6.45, 7) is 1.60. The van der Waals surface area contributed by atoms with E-state index in [1.54, 1.807) is 22.3 Å². The van der Waals surface area contributed by atoms with E-state index in [2.05, 4.69) is 15.9 Å². The summed E-state index contributed by atoms with van der Waals surface area (Å²) in [5, 5.41) is 0. The predicted octanol–water partition coefficient (Wildman–Crippen LogP) is 1.63. The van der Waals surface area contributed by atoms with E-state index < -0.39 is 10.0 Å². The maximum atomic E-state index is 12.0. The lowest BCUT2D eigenvalue weighted by Gasteiger charge is -2.32. The third kappa shape index (κ3) is 4.15. The molecule has 1 amide bonds. The van der Waals surface area contributed by atoms with Crippen molar-refractivity contribution in [3.63, 3.8) is 0 Å². The Morgan fingerprint density at radius 2 is 1.95 bits per heavy atom. The molecule has 0 radical (unpaired) electrons. The number of carbonyl (C=O) groups is 1. The summed E-state index contributed by atoms with van der Waals surface area (Å²) >= 11 is 4.92. The Morgan fingerprint density at radius 1 is 1.30 bits per heavy atom. The van der Waals surface area contributed by atoms with Crippen LogP contribution < -0.4 is 0 Å². The van der Waals surface area contributed by atoms with Crippen molar-refractivity contribution in [1.29, 1.82) is 0 Å². The van der Waals surface area contributed by atoms with Gasteiger partial charge in [0.25, 0.3) is 0 Å². The highest BCUT2D eigenvalue weighted by Crippen LogP contribution is 2.23. The molecule has 1 aliphatic rings. The fourth-order valence-electron chi connectivity index (χ4n) is 1.92. The lowest BCUT2D eigenvalue weighted by atomic mass is 10.3. The topological polar surface area (TPSA) is 57.7 Å². The van der Waals surface area contributed by atoms with E-state index in [-0.39, 0.29) is 5.91 Å². The highest BCUT2D eigenvalue weighted by Gasteiger charge is 2.24. The number of halogens is 1. The minimum absolute atomic E-state index is 0.0809. The minimum atomic E-state index is -3.15. The van der Waals surface area contributed by atoms with Gasteiger partial charge in [0.1, 0.15) is 0 Å². The van der Waals surface area contributed by atoms with Gasteiger partial charge in [-0.15, -0.1) is 11.3 Å². The Kier molecular flexibility index (Phi) is 5.00. The van der Waals surface area contributed by atoms with E-state index in [0.717, 1.165) is 8.66 Å². The number of thiophene rings is 1. The van der Waals surface area contributed by atoms with Crippen LogP contribution in [0.25, 0.3) is 6.08 Å². The van der Waals surface area contributed by atoms with Crippen molar-refractivity contribution in [3.05, 3.63) is 26.9 Å².